The summed E-state index contributed by atoms with van der Waals surface area (Å²) < 4.78 is 64.6. The summed E-state index contributed by atoms with van der Waals surface area (Å²) in [6, 6.07) is 31.8. The van der Waals surface area contributed by atoms with Gasteiger partial charge in [-0.2, -0.15) is 0 Å². The number of ether oxygens (including phenoxy) is 2. The fourth-order valence-corrected chi connectivity index (χ4v) is 13.2. The van der Waals surface area contributed by atoms with E-state index in [4.69, 9.17) is 13.9 Å². The average molecular weight is 744 g/mol. The van der Waals surface area contributed by atoms with Crippen molar-refractivity contribution < 1.29 is 27.1 Å². The van der Waals surface area contributed by atoms with Crippen molar-refractivity contribution in [1.82, 2.24) is 9.80 Å². The molecule has 1 N–H and O–H groups in total. The number of hydrogen-bond donors (Lipinski definition) is 1. The van der Waals surface area contributed by atoms with Gasteiger partial charge in [-0.1, -0.05) is 93.6 Å². The van der Waals surface area contributed by atoms with Crippen molar-refractivity contribution in [3.63, 3.8) is 0 Å². The molecule has 1 saturated heterocycles. The van der Waals surface area contributed by atoms with Gasteiger partial charge < -0.3 is 24.1 Å². The maximum absolute atomic E-state index is 16.8. The topological polar surface area (TPSA) is 46.2 Å². The van der Waals surface area contributed by atoms with Gasteiger partial charge in [0, 0.05) is 37.4 Å². The van der Waals surface area contributed by atoms with Crippen molar-refractivity contribution in [2.45, 2.75) is 76.0 Å². The molecule has 0 bridgehead atoms. The first-order valence-corrected chi connectivity index (χ1v) is 20.8. The Kier molecular flexibility index (Phi) is 11.0. The molecule has 0 amide bonds. The number of likely N-dealkylation sites (tertiary alicyclic amines) is 1. The molecule has 3 aliphatic heterocycles. The van der Waals surface area contributed by atoms with E-state index in [0.717, 1.165) is 58.8 Å². The lowest BCUT2D eigenvalue weighted by Gasteiger charge is -2.46. The summed E-state index contributed by atoms with van der Waals surface area (Å²) >= 11 is 0. The van der Waals surface area contributed by atoms with Crippen molar-refractivity contribution in [3.05, 3.63) is 114 Å². The molecule has 3 aliphatic rings. The van der Waals surface area contributed by atoms with Gasteiger partial charge in [0.1, 0.15) is 0 Å². The van der Waals surface area contributed by atoms with Crippen LogP contribution in [0.25, 0.3) is 0 Å². The molecule has 53 heavy (non-hydrogen) atoms. The predicted molar refractivity (Wildman–Crippen MR) is 208 cm³/mol. The van der Waals surface area contributed by atoms with Gasteiger partial charge in [-0.3, -0.25) is 9.29 Å². The number of alkyl halides is 3. The predicted octanol–water partition coefficient (Wildman–Crippen LogP) is 7.81. The molecule has 0 saturated carbocycles. The first-order valence-electron chi connectivity index (χ1n) is 18.9. The maximum atomic E-state index is 16.8. The van der Waals surface area contributed by atoms with E-state index in [0.29, 0.717) is 24.3 Å². The van der Waals surface area contributed by atoms with Crippen LogP contribution in [-0.2, 0) is 10.8 Å². The van der Waals surface area contributed by atoms with Gasteiger partial charge in [-0.15, -0.1) is 0 Å². The second-order valence-corrected chi connectivity index (χ2v) is 20.2. The largest absolute Gasteiger partial charge is 0.454 e. The second kappa shape index (κ2) is 15.5. The van der Waals surface area contributed by atoms with Crippen LogP contribution in [-0.4, -0.2) is 82.4 Å². The summed E-state index contributed by atoms with van der Waals surface area (Å²) in [7, 11) is -3.18. The number of anilines is 1. The number of nitrogens with one attached hydrogen (secondary N) is 1. The standard InChI is InChI=1S/C43H52F3N3O3Si/c1-31-24-33-25-39-40(51-30-50-39)26-38(33)41(32-16-18-34(19-17-32)47-35-20-23-48(27-35)22-11-21-44)49(31)28-43(45,46)29-52-53(42(2,3)4,36-12-7-5-8-13-36)37-14-9-6-10-15-37/h5-10,12-19,25-26,31,35,41,47H,11,20-24,27-30H2,1-4H3/t31-,35?,41-/m1/s1. The molecular weight excluding hydrogens is 692 g/mol. The highest BCUT2D eigenvalue weighted by atomic mass is 28.4. The van der Waals surface area contributed by atoms with E-state index in [-0.39, 0.29) is 25.6 Å². The summed E-state index contributed by atoms with van der Waals surface area (Å²) in [5, 5.41) is 5.17. The number of halogens is 3. The van der Waals surface area contributed by atoms with E-state index in [1.165, 1.54) is 0 Å². The third kappa shape index (κ3) is 7.88. The lowest BCUT2D eigenvalue weighted by atomic mass is 9.84. The Morgan fingerprint density at radius 1 is 0.887 bits per heavy atom. The van der Waals surface area contributed by atoms with Crippen molar-refractivity contribution in [2.75, 3.05) is 51.6 Å². The Bertz CT molecular complexity index is 1780. The lowest BCUT2D eigenvalue weighted by molar-refractivity contribution is -0.0818. The molecular formula is C43H52F3N3O3Si. The summed E-state index contributed by atoms with van der Waals surface area (Å²) in [4.78, 5) is 4.24. The van der Waals surface area contributed by atoms with Crippen LogP contribution >= 0.6 is 0 Å². The number of hydrogen-bond acceptors (Lipinski definition) is 6. The average Bonchev–Trinajstić information content (AvgIpc) is 3.80. The first kappa shape index (κ1) is 37.5. The van der Waals surface area contributed by atoms with Crippen molar-refractivity contribution >= 4 is 24.4 Å². The minimum absolute atomic E-state index is 0.145. The minimum atomic E-state index is -3.18. The smallest absolute Gasteiger partial charge is 0.282 e. The Morgan fingerprint density at radius 2 is 1.53 bits per heavy atom. The number of fused-ring (bicyclic) bond motifs is 2. The van der Waals surface area contributed by atoms with Gasteiger partial charge in [-0.05, 0) is 82.6 Å². The number of rotatable bonds is 13. The third-order valence-corrected chi connectivity index (χ3v) is 16.1. The third-order valence-electron chi connectivity index (χ3n) is 11.2. The first-order chi connectivity index (χ1) is 25.5. The highest BCUT2D eigenvalue weighted by molar-refractivity contribution is 6.99. The van der Waals surface area contributed by atoms with Gasteiger partial charge >= 0.3 is 0 Å². The van der Waals surface area contributed by atoms with Gasteiger partial charge in [0.25, 0.3) is 14.2 Å². The molecule has 7 rings (SSSR count). The monoisotopic (exact) mass is 743 g/mol. The molecule has 1 unspecified atom stereocenters. The Hall–Kier alpha value is -3.83. The van der Waals surface area contributed by atoms with Crippen LogP contribution in [0.4, 0.5) is 18.9 Å². The molecule has 0 radical (unpaired) electrons. The van der Waals surface area contributed by atoms with Crippen molar-refractivity contribution in [1.29, 1.82) is 0 Å². The van der Waals surface area contributed by atoms with Crippen molar-refractivity contribution in [2.24, 2.45) is 0 Å². The fraction of sp³-hybridized carbons (Fsp3) is 0.442. The molecule has 1 fully saturated rings. The van der Waals surface area contributed by atoms with Crippen LogP contribution in [0.15, 0.2) is 97.1 Å². The molecule has 0 spiro atoms. The van der Waals surface area contributed by atoms with Crippen LogP contribution in [0.2, 0.25) is 5.04 Å². The van der Waals surface area contributed by atoms with Crippen LogP contribution in [0.5, 0.6) is 11.5 Å². The van der Waals surface area contributed by atoms with E-state index < -0.39 is 38.5 Å². The zero-order valence-electron chi connectivity index (χ0n) is 31.3. The number of nitrogens with zero attached hydrogens (tertiary/aromatic N) is 2. The Labute approximate surface area is 313 Å². The zero-order valence-corrected chi connectivity index (χ0v) is 32.3. The fourth-order valence-electron chi connectivity index (χ4n) is 8.64. The van der Waals surface area contributed by atoms with Gasteiger partial charge in [-0.25, -0.2) is 8.78 Å². The molecule has 3 heterocycles. The highest BCUT2D eigenvalue weighted by Gasteiger charge is 2.52. The molecule has 4 aromatic carbocycles. The van der Waals surface area contributed by atoms with Crippen LogP contribution in [0.1, 0.15) is 63.3 Å². The van der Waals surface area contributed by atoms with Gasteiger partial charge in [0.15, 0.2) is 11.5 Å². The van der Waals surface area contributed by atoms with Crippen LogP contribution < -0.4 is 25.2 Å². The Balaban J connectivity index is 1.17. The highest BCUT2D eigenvalue weighted by Crippen LogP contribution is 2.46. The van der Waals surface area contributed by atoms with E-state index >= 15 is 8.78 Å². The van der Waals surface area contributed by atoms with Crippen LogP contribution in [0.3, 0.4) is 0 Å². The summed E-state index contributed by atoms with van der Waals surface area (Å²) in [5.74, 6) is -1.82. The molecule has 282 valence electrons. The number of benzene rings is 4. The van der Waals surface area contributed by atoms with Crippen molar-refractivity contribution in [3.8, 4) is 11.5 Å². The van der Waals surface area contributed by atoms with Gasteiger partial charge in [0.2, 0.25) is 6.79 Å². The van der Waals surface area contributed by atoms with Crippen LogP contribution in [0, 0.1) is 0 Å². The lowest BCUT2D eigenvalue weighted by Crippen LogP contribution is -2.67. The molecule has 6 nitrogen and oxygen atoms in total. The summed E-state index contributed by atoms with van der Waals surface area (Å²) in [6.07, 6.45) is 2.16. The molecule has 4 aromatic rings. The van der Waals surface area contributed by atoms with E-state index in [9.17, 15) is 4.39 Å². The van der Waals surface area contributed by atoms with E-state index in [1.54, 1.807) is 0 Å². The zero-order chi connectivity index (χ0) is 37.2. The molecule has 10 heteroatoms. The molecule has 3 atom stereocenters. The second-order valence-electron chi connectivity index (χ2n) is 15.9. The maximum Gasteiger partial charge on any atom is 0.282 e. The minimum Gasteiger partial charge on any atom is -0.454 e. The van der Waals surface area contributed by atoms with Gasteiger partial charge in [0.05, 0.1) is 25.9 Å². The van der Waals surface area contributed by atoms with E-state index in [1.807, 2.05) is 96.8 Å². The molecule has 0 aliphatic carbocycles. The SMILES string of the molecule is C[C@@H]1Cc2cc3c(cc2[C@@H](c2ccc(NC4CCN(CCCF)C4)cc2)N1CC(F)(F)CO[Si](c1ccccc1)(c1ccccc1)C(C)(C)C)OCO3. The Morgan fingerprint density at radius 3 is 2.15 bits per heavy atom. The summed E-state index contributed by atoms with van der Waals surface area (Å²) in [5.41, 5.74) is 3.95. The molecule has 0 aromatic heterocycles. The quantitative estimate of drug-likeness (QED) is 0.141. The summed E-state index contributed by atoms with van der Waals surface area (Å²) in [6.45, 7) is 9.63. The van der Waals surface area contributed by atoms with E-state index in [2.05, 4.69) is 43.1 Å². The normalized spacial score (nSPS) is 20.8.